The first-order valence-electron chi connectivity index (χ1n) is 8.50. The highest BCUT2D eigenvalue weighted by molar-refractivity contribution is 5.66. The Bertz CT molecular complexity index is 745. The number of rotatable bonds is 6. The van der Waals surface area contributed by atoms with Crippen LogP contribution in [0.4, 0.5) is 0 Å². The molecule has 1 fully saturated rings. The Labute approximate surface area is 146 Å². The summed E-state index contributed by atoms with van der Waals surface area (Å²) in [5.41, 5.74) is 1.00. The van der Waals surface area contributed by atoms with Crippen molar-refractivity contribution in [2.24, 2.45) is 0 Å². The predicted octanol–water partition coefficient (Wildman–Crippen LogP) is 0.615. The Hall–Kier alpha value is -2.22. The van der Waals surface area contributed by atoms with E-state index in [0.29, 0.717) is 12.4 Å². The van der Waals surface area contributed by atoms with Crippen LogP contribution in [0.3, 0.4) is 0 Å². The van der Waals surface area contributed by atoms with Gasteiger partial charge in [-0.25, -0.2) is 4.79 Å². The van der Waals surface area contributed by atoms with Crippen LogP contribution in [0, 0.1) is 0 Å². The standard InChI is InChI=1S/C18H24N4O3/c1-20-9-11-21(12-10-20)13-16(23)14-22-17(19-25-18(22)24)8-7-15-5-3-2-4-6-15/h2-8,16,23H,9-14H2,1H3. The molecular weight excluding hydrogens is 320 g/mol. The second-order valence-corrected chi connectivity index (χ2v) is 6.42. The molecule has 2 aromatic rings. The smallest absolute Gasteiger partial charge is 0.390 e. The normalized spacial score (nSPS) is 18.0. The summed E-state index contributed by atoms with van der Waals surface area (Å²) in [6.45, 7) is 4.53. The van der Waals surface area contributed by atoms with E-state index in [2.05, 4.69) is 22.0 Å². The van der Waals surface area contributed by atoms with Gasteiger partial charge < -0.3 is 10.0 Å². The highest BCUT2D eigenvalue weighted by atomic mass is 16.5. The summed E-state index contributed by atoms with van der Waals surface area (Å²) in [5.74, 6) is -0.142. The maximum absolute atomic E-state index is 11.9. The third-order valence-electron chi connectivity index (χ3n) is 4.40. The fourth-order valence-corrected chi connectivity index (χ4v) is 2.90. The molecule has 1 aromatic carbocycles. The Morgan fingerprint density at radius 1 is 1.16 bits per heavy atom. The minimum atomic E-state index is -0.649. The van der Waals surface area contributed by atoms with Crippen LogP contribution in [0.1, 0.15) is 11.4 Å². The number of piperazine rings is 1. The zero-order valence-electron chi connectivity index (χ0n) is 14.4. The third-order valence-corrected chi connectivity index (χ3v) is 4.40. The minimum Gasteiger partial charge on any atom is -0.390 e. The quantitative estimate of drug-likeness (QED) is 0.828. The lowest BCUT2D eigenvalue weighted by Gasteiger charge is -2.33. The van der Waals surface area contributed by atoms with Gasteiger partial charge >= 0.3 is 5.76 Å². The predicted molar refractivity (Wildman–Crippen MR) is 96.1 cm³/mol. The summed E-state index contributed by atoms with van der Waals surface area (Å²) in [6.07, 6.45) is 2.94. The van der Waals surface area contributed by atoms with Gasteiger partial charge in [0.05, 0.1) is 12.6 Å². The number of aromatic nitrogens is 2. The molecule has 7 heteroatoms. The van der Waals surface area contributed by atoms with Crippen LogP contribution in [0.15, 0.2) is 39.6 Å². The lowest BCUT2D eigenvalue weighted by Crippen LogP contribution is -2.47. The minimum absolute atomic E-state index is 0.170. The molecule has 1 atom stereocenters. The number of β-amino-alcohol motifs (C(OH)–C–C–N with tert-alkyl or cyclic N) is 1. The second-order valence-electron chi connectivity index (χ2n) is 6.42. The van der Waals surface area contributed by atoms with E-state index in [4.69, 9.17) is 4.52 Å². The summed E-state index contributed by atoms with van der Waals surface area (Å²) in [4.78, 5) is 16.4. The first kappa shape index (κ1) is 17.6. The molecule has 1 saturated heterocycles. The molecule has 25 heavy (non-hydrogen) atoms. The molecule has 0 amide bonds. The van der Waals surface area contributed by atoms with Gasteiger partial charge in [0.1, 0.15) is 0 Å². The van der Waals surface area contributed by atoms with Crippen molar-refractivity contribution < 1.29 is 9.63 Å². The summed E-state index contributed by atoms with van der Waals surface area (Å²) in [5, 5.41) is 14.2. The molecule has 0 saturated carbocycles. The van der Waals surface area contributed by atoms with Crippen LogP contribution in [0.2, 0.25) is 0 Å². The average Bonchev–Trinajstić information content (AvgIpc) is 2.96. The van der Waals surface area contributed by atoms with Crippen molar-refractivity contribution in [3.63, 3.8) is 0 Å². The number of aliphatic hydroxyl groups is 1. The van der Waals surface area contributed by atoms with Crippen molar-refractivity contribution in [3.05, 3.63) is 52.3 Å². The lowest BCUT2D eigenvalue weighted by molar-refractivity contribution is 0.0698. The van der Waals surface area contributed by atoms with Gasteiger partial charge in [-0.2, -0.15) is 0 Å². The molecule has 0 spiro atoms. The van der Waals surface area contributed by atoms with Crippen LogP contribution < -0.4 is 5.76 Å². The van der Waals surface area contributed by atoms with Crippen LogP contribution in [-0.4, -0.2) is 70.5 Å². The number of likely N-dealkylation sites (N-methyl/N-ethyl adjacent to an activating group) is 1. The molecule has 1 N–H and O–H groups in total. The van der Waals surface area contributed by atoms with Crippen molar-refractivity contribution in [2.75, 3.05) is 39.8 Å². The topological polar surface area (TPSA) is 74.7 Å². The average molecular weight is 344 g/mol. The number of hydrogen-bond donors (Lipinski definition) is 1. The zero-order chi connectivity index (χ0) is 17.6. The first-order valence-corrected chi connectivity index (χ1v) is 8.50. The van der Waals surface area contributed by atoms with Gasteiger partial charge in [-0.05, 0) is 18.7 Å². The summed E-state index contributed by atoms with van der Waals surface area (Å²) >= 11 is 0. The molecule has 1 aliphatic rings. The van der Waals surface area contributed by atoms with Crippen LogP contribution in [-0.2, 0) is 6.54 Å². The molecule has 7 nitrogen and oxygen atoms in total. The van der Waals surface area contributed by atoms with Gasteiger partial charge in [0.25, 0.3) is 0 Å². The molecule has 2 heterocycles. The molecule has 134 valence electrons. The van der Waals surface area contributed by atoms with Crippen molar-refractivity contribution in [3.8, 4) is 0 Å². The highest BCUT2D eigenvalue weighted by Crippen LogP contribution is 2.07. The van der Waals surface area contributed by atoms with Gasteiger partial charge in [-0.15, -0.1) is 0 Å². The lowest BCUT2D eigenvalue weighted by atomic mass is 10.2. The van der Waals surface area contributed by atoms with Crippen LogP contribution in [0.5, 0.6) is 0 Å². The van der Waals surface area contributed by atoms with Gasteiger partial charge in [0, 0.05) is 32.7 Å². The number of benzene rings is 1. The van der Waals surface area contributed by atoms with Crippen molar-refractivity contribution in [1.82, 2.24) is 19.5 Å². The first-order chi connectivity index (χ1) is 12.1. The van der Waals surface area contributed by atoms with Gasteiger partial charge in [-0.1, -0.05) is 41.6 Å². The maximum atomic E-state index is 11.9. The Morgan fingerprint density at radius 3 is 2.60 bits per heavy atom. The highest BCUT2D eigenvalue weighted by Gasteiger charge is 2.19. The third kappa shape index (κ3) is 4.88. The summed E-state index contributed by atoms with van der Waals surface area (Å²) in [6, 6.07) is 9.74. The Balaban J connectivity index is 1.63. The largest absolute Gasteiger partial charge is 0.441 e. The molecule has 1 unspecified atom stereocenters. The van der Waals surface area contributed by atoms with E-state index in [-0.39, 0.29) is 6.54 Å². The SMILES string of the molecule is CN1CCN(CC(O)Cn2c(C=Cc3ccccc3)noc2=O)CC1. The van der Waals surface area contributed by atoms with Gasteiger partial charge in [0.15, 0.2) is 5.82 Å². The molecule has 3 rings (SSSR count). The van der Waals surface area contributed by atoms with Crippen molar-refractivity contribution >= 4 is 12.2 Å². The molecule has 0 radical (unpaired) electrons. The molecule has 1 aliphatic heterocycles. The van der Waals surface area contributed by atoms with Crippen molar-refractivity contribution in [2.45, 2.75) is 12.6 Å². The van der Waals surface area contributed by atoms with Gasteiger partial charge in [0.2, 0.25) is 0 Å². The number of aliphatic hydroxyl groups excluding tert-OH is 1. The van der Waals surface area contributed by atoms with Crippen LogP contribution >= 0.6 is 0 Å². The second kappa shape index (κ2) is 8.24. The van der Waals surface area contributed by atoms with E-state index in [9.17, 15) is 9.90 Å². The molecular formula is C18H24N4O3. The van der Waals surface area contributed by atoms with E-state index >= 15 is 0 Å². The van der Waals surface area contributed by atoms with E-state index in [1.807, 2.05) is 36.4 Å². The van der Waals surface area contributed by atoms with Gasteiger partial charge in [-0.3, -0.25) is 14.0 Å². The number of hydrogen-bond acceptors (Lipinski definition) is 6. The fraction of sp³-hybridized carbons (Fsp3) is 0.444. The fourth-order valence-electron chi connectivity index (χ4n) is 2.90. The molecule has 0 aliphatic carbocycles. The maximum Gasteiger partial charge on any atom is 0.441 e. The van der Waals surface area contributed by atoms with E-state index in [0.717, 1.165) is 31.7 Å². The monoisotopic (exact) mass is 344 g/mol. The van der Waals surface area contributed by atoms with E-state index in [1.165, 1.54) is 4.57 Å². The van der Waals surface area contributed by atoms with Crippen molar-refractivity contribution in [1.29, 1.82) is 0 Å². The zero-order valence-corrected chi connectivity index (χ0v) is 14.4. The van der Waals surface area contributed by atoms with E-state index < -0.39 is 11.9 Å². The Kier molecular flexibility index (Phi) is 5.80. The molecule has 1 aromatic heterocycles. The summed E-state index contributed by atoms with van der Waals surface area (Å²) < 4.78 is 6.14. The molecule has 0 bridgehead atoms. The number of nitrogens with zero attached hydrogens (tertiary/aromatic N) is 4. The Morgan fingerprint density at radius 2 is 1.88 bits per heavy atom. The summed E-state index contributed by atoms with van der Waals surface area (Å²) in [7, 11) is 2.09. The van der Waals surface area contributed by atoms with Crippen LogP contribution in [0.25, 0.3) is 12.2 Å². The van der Waals surface area contributed by atoms with E-state index in [1.54, 1.807) is 6.08 Å².